The summed E-state index contributed by atoms with van der Waals surface area (Å²) in [5.74, 6) is 0.980. The van der Waals surface area contributed by atoms with Crippen LogP contribution in [0.15, 0.2) is 18.2 Å². The highest BCUT2D eigenvalue weighted by atomic mass is 15.2. The summed E-state index contributed by atoms with van der Waals surface area (Å²) in [6, 6.07) is 7.18. The van der Waals surface area contributed by atoms with Crippen molar-refractivity contribution in [2.45, 2.75) is 51.5 Å². The van der Waals surface area contributed by atoms with Gasteiger partial charge in [-0.25, -0.2) is 0 Å². The Balaban J connectivity index is 1.66. The van der Waals surface area contributed by atoms with Crippen molar-refractivity contribution < 1.29 is 0 Å². The van der Waals surface area contributed by atoms with Crippen LogP contribution in [0.1, 0.15) is 56.2 Å². The predicted octanol–water partition coefficient (Wildman–Crippen LogP) is 3.77. The Morgan fingerprint density at radius 1 is 1.21 bits per heavy atom. The number of hydrogen-bond donors (Lipinski definition) is 1. The molecular weight excluding hydrogens is 232 g/mol. The minimum absolute atomic E-state index is 0.665. The molecule has 0 amide bonds. The molecule has 2 aliphatic rings. The first-order valence-corrected chi connectivity index (χ1v) is 7.90. The van der Waals surface area contributed by atoms with Crippen LogP contribution in [0, 0.1) is 5.92 Å². The molecule has 1 aromatic carbocycles. The highest BCUT2D eigenvalue weighted by Crippen LogP contribution is 2.38. The van der Waals surface area contributed by atoms with Crippen LogP contribution in [0.5, 0.6) is 0 Å². The van der Waals surface area contributed by atoms with Crippen molar-refractivity contribution in [3.63, 3.8) is 0 Å². The topological polar surface area (TPSA) is 29.3 Å². The SMILES string of the molecule is CCCC1CCN(C2CCc3cc(N)ccc32)CC1. The maximum atomic E-state index is 5.89. The van der Waals surface area contributed by atoms with E-state index < -0.39 is 0 Å². The molecule has 1 saturated heterocycles. The summed E-state index contributed by atoms with van der Waals surface area (Å²) in [5.41, 5.74) is 9.84. The third-order valence-corrected chi connectivity index (χ3v) is 5.00. The van der Waals surface area contributed by atoms with E-state index in [-0.39, 0.29) is 0 Å². The molecule has 2 heteroatoms. The van der Waals surface area contributed by atoms with Crippen molar-refractivity contribution in [2.24, 2.45) is 5.92 Å². The second-order valence-electron chi connectivity index (χ2n) is 6.28. The molecule has 1 aliphatic carbocycles. The zero-order valence-electron chi connectivity index (χ0n) is 12.1. The molecule has 19 heavy (non-hydrogen) atoms. The molecule has 0 radical (unpaired) electrons. The van der Waals surface area contributed by atoms with Gasteiger partial charge in [-0.1, -0.05) is 25.8 Å². The Morgan fingerprint density at radius 2 is 2.00 bits per heavy atom. The average molecular weight is 258 g/mol. The van der Waals surface area contributed by atoms with Gasteiger partial charge in [0.25, 0.3) is 0 Å². The number of anilines is 1. The smallest absolute Gasteiger partial charge is 0.0354 e. The van der Waals surface area contributed by atoms with Gasteiger partial charge < -0.3 is 5.73 Å². The monoisotopic (exact) mass is 258 g/mol. The summed E-state index contributed by atoms with van der Waals surface area (Å²) in [4.78, 5) is 2.72. The molecule has 1 aromatic rings. The quantitative estimate of drug-likeness (QED) is 0.836. The summed E-state index contributed by atoms with van der Waals surface area (Å²) < 4.78 is 0. The Kier molecular flexibility index (Phi) is 3.79. The number of nitrogen functional groups attached to an aromatic ring is 1. The van der Waals surface area contributed by atoms with Gasteiger partial charge in [-0.3, -0.25) is 4.90 Å². The lowest BCUT2D eigenvalue weighted by Gasteiger charge is -2.36. The fraction of sp³-hybridized carbons (Fsp3) is 0.647. The van der Waals surface area contributed by atoms with Crippen molar-refractivity contribution in [3.05, 3.63) is 29.3 Å². The number of rotatable bonds is 3. The van der Waals surface area contributed by atoms with Crippen molar-refractivity contribution in [3.8, 4) is 0 Å². The van der Waals surface area contributed by atoms with Gasteiger partial charge in [0, 0.05) is 11.7 Å². The fourth-order valence-electron chi connectivity index (χ4n) is 3.96. The molecule has 0 saturated carbocycles. The van der Waals surface area contributed by atoms with Crippen LogP contribution in [-0.2, 0) is 6.42 Å². The normalized spacial score (nSPS) is 24.6. The Bertz CT molecular complexity index is 433. The van der Waals surface area contributed by atoms with E-state index in [2.05, 4.69) is 30.0 Å². The van der Waals surface area contributed by atoms with Crippen LogP contribution >= 0.6 is 0 Å². The third kappa shape index (κ3) is 2.64. The predicted molar refractivity (Wildman–Crippen MR) is 81.1 cm³/mol. The lowest BCUT2D eigenvalue weighted by Crippen LogP contribution is -2.36. The minimum atomic E-state index is 0.665. The van der Waals surface area contributed by atoms with E-state index in [0.717, 1.165) is 11.6 Å². The molecule has 0 bridgehead atoms. The van der Waals surface area contributed by atoms with Crippen molar-refractivity contribution in [2.75, 3.05) is 18.8 Å². The summed E-state index contributed by atoms with van der Waals surface area (Å²) in [7, 11) is 0. The van der Waals surface area contributed by atoms with Crippen LogP contribution < -0.4 is 5.73 Å². The molecule has 3 rings (SSSR count). The zero-order chi connectivity index (χ0) is 13.2. The highest BCUT2D eigenvalue weighted by molar-refractivity contribution is 5.47. The number of hydrogen-bond acceptors (Lipinski definition) is 2. The Morgan fingerprint density at radius 3 is 2.74 bits per heavy atom. The molecule has 2 nitrogen and oxygen atoms in total. The number of benzene rings is 1. The van der Waals surface area contributed by atoms with Gasteiger partial charge in [-0.05, 0) is 68.0 Å². The average Bonchev–Trinajstić information content (AvgIpc) is 2.83. The maximum Gasteiger partial charge on any atom is 0.0354 e. The lowest BCUT2D eigenvalue weighted by molar-refractivity contribution is 0.128. The van der Waals surface area contributed by atoms with Crippen molar-refractivity contribution in [1.82, 2.24) is 4.90 Å². The molecule has 1 aliphatic heterocycles. The lowest BCUT2D eigenvalue weighted by atomic mass is 9.91. The van der Waals surface area contributed by atoms with Gasteiger partial charge in [0.1, 0.15) is 0 Å². The molecule has 0 spiro atoms. The molecule has 1 unspecified atom stereocenters. The standard InChI is InChI=1S/C17H26N2/c1-2-3-13-8-10-19(11-9-13)17-7-4-14-12-15(18)5-6-16(14)17/h5-6,12-13,17H,2-4,7-11,18H2,1H3. The first kappa shape index (κ1) is 13.0. The summed E-state index contributed by atoms with van der Waals surface area (Å²) in [6.45, 7) is 4.89. The van der Waals surface area contributed by atoms with E-state index in [4.69, 9.17) is 5.73 Å². The molecule has 1 atom stereocenters. The summed E-state index contributed by atoms with van der Waals surface area (Å²) >= 11 is 0. The van der Waals surface area contributed by atoms with Crippen LogP contribution in [0.3, 0.4) is 0 Å². The molecule has 104 valence electrons. The summed E-state index contributed by atoms with van der Waals surface area (Å²) in [6.07, 6.45) is 8.06. The number of nitrogens with two attached hydrogens (primary N) is 1. The van der Waals surface area contributed by atoms with Gasteiger partial charge in [0.2, 0.25) is 0 Å². The number of piperidine rings is 1. The number of aryl methyl sites for hydroxylation is 1. The van der Waals surface area contributed by atoms with Crippen molar-refractivity contribution in [1.29, 1.82) is 0 Å². The third-order valence-electron chi connectivity index (χ3n) is 5.00. The van der Waals surface area contributed by atoms with E-state index in [1.165, 1.54) is 57.2 Å². The van der Waals surface area contributed by atoms with Gasteiger partial charge >= 0.3 is 0 Å². The second-order valence-corrected chi connectivity index (χ2v) is 6.28. The molecule has 2 N–H and O–H groups in total. The minimum Gasteiger partial charge on any atom is -0.399 e. The van der Waals surface area contributed by atoms with Crippen LogP contribution in [-0.4, -0.2) is 18.0 Å². The van der Waals surface area contributed by atoms with Crippen LogP contribution in [0.2, 0.25) is 0 Å². The molecular formula is C17H26N2. The maximum absolute atomic E-state index is 5.89. The van der Waals surface area contributed by atoms with Crippen molar-refractivity contribution >= 4 is 5.69 Å². The Hall–Kier alpha value is -1.02. The number of nitrogens with zero attached hydrogens (tertiary/aromatic N) is 1. The van der Waals surface area contributed by atoms with E-state index in [0.29, 0.717) is 6.04 Å². The Labute approximate surface area is 117 Å². The van der Waals surface area contributed by atoms with E-state index >= 15 is 0 Å². The number of fused-ring (bicyclic) bond motifs is 1. The fourth-order valence-corrected chi connectivity index (χ4v) is 3.96. The second kappa shape index (κ2) is 5.54. The van der Waals surface area contributed by atoms with E-state index in [1.54, 1.807) is 5.56 Å². The van der Waals surface area contributed by atoms with Gasteiger partial charge in [0.05, 0.1) is 0 Å². The van der Waals surface area contributed by atoms with E-state index in [1.807, 2.05) is 0 Å². The van der Waals surface area contributed by atoms with Gasteiger partial charge in [-0.15, -0.1) is 0 Å². The van der Waals surface area contributed by atoms with Crippen LogP contribution in [0.4, 0.5) is 5.69 Å². The van der Waals surface area contributed by atoms with Crippen LogP contribution in [0.25, 0.3) is 0 Å². The van der Waals surface area contributed by atoms with Gasteiger partial charge in [0.15, 0.2) is 0 Å². The molecule has 1 fully saturated rings. The molecule has 0 aromatic heterocycles. The highest BCUT2D eigenvalue weighted by Gasteiger charge is 2.30. The first-order valence-electron chi connectivity index (χ1n) is 7.90. The largest absolute Gasteiger partial charge is 0.399 e. The zero-order valence-corrected chi connectivity index (χ0v) is 12.1. The van der Waals surface area contributed by atoms with E-state index in [9.17, 15) is 0 Å². The van der Waals surface area contributed by atoms with Gasteiger partial charge in [-0.2, -0.15) is 0 Å². The number of likely N-dealkylation sites (tertiary alicyclic amines) is 1. The summed E-state index contributed by atoms with van der Waals surface area (Å²) in [5, 5.41) is 0. The molecule has 1 heterocycles. The first-order chi connectivity index (χ1) is 9.28.